The quantitative estimate of drug-likeness (QED) is 0.821. The molecule has 1 fully saturated rings. The van der Waals surface area contributed by atoms with Gasteiger partial charge in [0.15, 0.2) is 0 Å². The number of ether oxygens (including phenoxy) is 2. The number of epoxide rings is 1. The Kier molecular flexibility index (Phi) is 4.03. The van der Waals surface area contributed by atoms with Crippen LogP contribution < -0.4 is 10.1 Å². The summed E-state index contributed by atoms with van der Waals surface area (Å²) >= 11 is 0. The highest BCUT2D eigenvalue weighted by Crippen LogP contribution is 2.23. The maximum absolute atomic E-state index is 11.6. The van der Waals surface area contributed by atoms with Gasteiger partial charge in [-0.25, -0.2) is 0 Å². The zero-order valence-electron chi connectivity index (χ0n) is 11.0. The van der Waals surface area contributed by atoms with Gasteiger partial charge in [-0.05, 0) is 18.2 Å². The third kappa shape index (κ3) is 3.70. The number of carbonyl (C=O) groups excluding carboxylic acids is 1. The van der Waals surface area contributed by atoms with E-state index in [1.807, 2.05) is 13.8 Å². The minimum Gasteiger partial charge on any atom is -0.489 e. The minimum absolute atomic E-state index is 0.0797. The van der Waals surface area contributed by atoms with Crippen molar-refractivity contribution >= 4 is 11.6 Å². The fraction of sp³-hybridized carbons (Fsp3) is 0.429. The number of nitrogens with zero attached hydrogens (tertiary/aromatic N) is 1. The van der Waals surface area contributed by atoms with Gasteiger partial charge in [0.25, 0.3) is 0 Å². The standard InChI is InChI=1S/C14H16N2O3/c1-9(2)14(17)16-11-3-4-13(10(5-11)6-15)19-8-12-7-18-12/h3-5,9,12H,7-8H2,1-2H3,(H,16,17). The maximum Gasteiger partial charge on any atom is 0.226 e. The lowest BCUT2D eigenvalue weighted by Crippen LogP contribution is -2.17. The van der Waals surface area contributed by atoms with Crippen LogP contribution in [0.1, 0.15) is 19.4 Å². The molecular weight excluding hydrogens is 244 g/mol. The molecule has 5 heteroatoms. The van der Waals surface area contributed by atoms with Crippen LogP contribution in [0.25, 0.3) is 0 Å². The van der Waals surface area contributed by atoms with Gasteiger partial charge in [0, 0.05) is 11.6 Å². The van der Waals surface area contributed by atoms with Gasteiger partial charge >= 0.3 is 0 Å². The smallest absolute Gasteiger partial charge is 0.226 e. The van der Waals surface area contributed by atoms with Crippen LogP contribution in [0.2, 0.25) is 0 Å². The Balaban J connectivity index is 2.06. The van der Waals surface area contributed by atoms with Crippen molar-refractivity contribution in [2.75, 3.05) is 18.5 Å². The number of benzene rings is 1. The van der Waals surface area contributed by atoms with E-state index >= 15 is 0 Å². The third-order valence-corrected chi connectivity index (χ3v) is 2.72. The average Bonchev–Trinajstić information content (AvgIpc) is 3.20. The molecule has 1 amide bonds. The lowest BCUT2D eigenvalue weighted by atomic mass is 10.1. The molecule has 100 valence electrons. The Morgan fingerprint density at radius 1 is 1.63 bits per heavy atom. The van der Waals surface area contributed by atoms with Crippen molar-refractivity contribution in [2.45, 2.75) is 20.0 Å². The molecule has 19 heavy (non-hydrogen) atoms. The van der Waals surface area contributed by atoms with Crippen LogP contribution in [-0.4, -0.2) is 25.2 Å². The molecule has 1 atom stereocenters. The van der Waals surface area contributed by atoms with E-state index in [-0.39, 0.29) is 17.9 Å². The summed E-state index contributed by atoms with van der Waals surface area (Å²) in [4.78, 5) is 11.6. The highest BCUT2D eigenvalue weighted by molar-refractivity contribution is 5.92. The summed E-state index contributed by atoms with van der Waals surface area (Å²) in [7, 11) is 0. The molecule has 1 aliphatic heterocycles. The molecule has 0 saturated carbocycles. The van der Waals surface area contributed by atoms with Crippen LogP contribution in [-0.2, 0) is 9.53 Å². The van der Waals surface area contributed by atoms with Crippen LogP contribution in [0, 0.1) is 17.2 Å². The van der Waals surface area contributed by atoms with Gasteiger partial charge < -0.3 is 14.8 Å². The molecule has 1 N–H and O–H groups in total. The maximum atomic E-state index is 11.6. The SMILES string of the molecule is CC(C)C(=O)Nc1ccc(OCC2CO2)c(C#N)c1. The fourth-order valence-electron chi connectivity index (χ4n) is 1.45. The molecule has 1 aromatic rings. The normalized spacial score (nSPS) is 16.8. The van der Waals surface area contributed by atoms with E-state index in [1.54, 1.807) is 18.2 Å². The number of rotatable bonds is 5. The van der Waals surface area contributed by atoms with Gasteiger partial charge in [-0.3, -0.25) is 4.79 Å². The molecular formula is C14H16N2O3. The molecule has 1 aliphatic rings. The number of nitriles is 1. The third-order valence-electron chi connectivity index (χ3n) is 2.72. The predicted octanol–water partition coefficient (Wildman–Crippen LogP) is 1.93. The molecule has 0 radical (unpaired) electrons. The Bertz CT molecular complexity index is 516. The number of anilines is 1. The summed E-state index contributed by atoms with van der Waals surface area (Å²) in [5, 5.41) is 11.8. The highest BCUT2D eigenvalue weighted by atomic mass is 16.6. The molecule has 0 spiro atoms. The van der Waals surface area contributed by atoms with Gasteiger partial charge in [-0.15, -0.1) is 0 Å². The number of hydrogen-bond donors (Lipinski definition) is 1. The van der Waals surface area contributed by atoms with Gasteiger partial charge in [0.05, 0.1) is 12.2 Å². The molecule has 5 nitrogen and oxygen atoms in total. The molecule has 1 saturated heterocycles. The van der Waals surface area contributed by atoms with E-state index in [9.17, 15) is 4.79 Å². The van der Waals surface area contributed by atoms with E-state index < -0.39 is 0 Å². The zero-order valence-corrected chi connectivity index (χ0v) is 11.0. The largest absolute Gasteiger partial charge is 0.489 e. The number of nitrogens with one attached hydrogen (secondary N) is 1. The lowest BCUT2D eigenvalue weighted by Gasteiger charge is -2.10. The van der Waals surface area contributed by atoms with E-state index in [2.05, 4.69) is 11.4 Å². The summed E-state index contributed by atoms with van der Waals surface area (Å²) in [6.45, 7) is 4.79. The van der Waals surface area contributed by atoms with Crippen molar-refractivity contribution in [2.24, 2.45) is 5.92 Å². The van der Waals surface area contributed by atoms with Crippen molar-refractivity contribution in [3.63, 3.8) is 0 Å². The van der Waals surface area contributed by atoms with Crippen LogP contribution in [0.15, 0.2) is 18.2 Å². The van der Waals surface area contributed by atoms with Gasteiger partial charge in [0.2, 0.25) is 5.91 Å². The first kappa shape index (κ1) is 13.4. The van der Waals surface area contributed by atoms with Crippen LogP contribution in [0.3, 0.4) is 0 Å². The van der Waals surface area contributed by atoms with E-state index in [1.165, 1.54) is 0 Å². The van der Waals surface area contributed by atoms with E-state index in [0.29, 0.717) is 30.2 Å². The number of carbonyl (C=O) groups is 1. The van der Waals surface area contributed by atoms with Gasteiger partial charge in [-0.1, -0.05) is 13.8 Å². The van der Waals surface area contributed by atoms with Crippen LogP contribution in [0.5, 0.6) is 5.75 Å². The Morgan fingerprint density at radius 3 is 2.95 bits per heavy atom. The van der Waals surface area contributed by atoms with E-state index in [4.69, 9.17) is 14.7 Å². The number of amides is 1. The predicted molar refractivity (Wildman–Crippen MR) is 69.9 cm³/mol. The molecule has 0 aromatic heterocycles. The highest BCUT2D eigenvalue weighted by Gasteiger charge is 2.23. The van der Waals surface area contributed by atoms with Crippen LogP contribution >= 0.6 is 0 Å². The average molecular weight is 260 g/mol. The first-order chi connectivity index (χ1) is 9.10. The van der Waals surface area contributed by atoms with Crippen molar-refractivity contribution in [3.05, 3.63) is 23.8 Å². The monoisotopic (exact) mass is 260 g/mol. The molecule has 1 unspecified atom stereocenters. The molecule has 2 rings (SSSR count). The molecule has 1 aromatic carbocycles. The Labute approximate surface area is 112 Å². The molecule has 1 heterocycles. The zero-order chi connectivity index (χ0) is 13.8. The minimum atomic E-state index is -0.103. The van der Waals surface area contributed by atoms with Crippen molar-refractivity contribution in [3.8, 4) is 11.8 Å². The van der Waals surface area contributed by atoms with E-state index in [0.717, 1.165) is 0 Å². The summed E-state index contributed by atoms with van der Waals surface area (Å²) in [5.41, 5.74) is 1.01. The Morgan fingerprint density at radius 2 is 2.37 bits per heavy atom. The molecule has 0 bridgehead atoms. The Hall–Kier alpha value is -2.06. The fourth-order valence-corrected chi connectivity index (χ4v) is 1.45. The van der Waals surface area contributed by atoms with Crippen molar-refractivity contribution < 1.29 is 14.3 Å². The van der Waals surface area contributed by atoms with Gasteiger partial charge in [-0.2, -0.15) is 5.26 Å². The topological polar surface area (TPSA) is 74.7 Å². The summed E-state index contributed by atoms with van der Waals surface area (Å²) < 4.78 is 10.5. The molecule has 0 aliphatic carbocycles. The second-order valence-electron chi connectivity index (χ2n) is 4.73. The summed E-state index contributed by atoms with van der Waals surface area (Å²) in [6, 6.07) is 7.10. The first-order valence-electron chi connectivity index (χ1n) is 6.19. The number of hydrogen-bond acceptors (Lipinski definition) is 4. The summed E-state index contributed by atoms with van der Waals surface area (Å²) in [6.07, 6.45) is 0.145. The lowest BCUT2D eigenvalue weighted by molar-refractivity contribution is -0.118. The van der Waals surface area contributed by atoms with Crippen molar-refractivity contribution in [1.82, 2.24) is 0 Å². The van der Waals surface area contributed by atoms with Crippen molar-refractivity contribution in [1.29, 1.82) is 5.26 Å². The van der Waals surface area contributed by atoms with Crippen LogP contribution in [0.4, 0.5) is 5.69 Å². The summed E-state index contributed by atoms with van der Waals surface area (Å²) in [5.74, 6) is 0.331. The second-order valence-corrected chi connectivity index (χ2v) is 4.73. The van der Waals surface area contributed by atoms with Gasteiger partial charge in [0.1, 0.15) is 24.5 Å². The second kappa shape index (κ2) is 5.72. The first-order valence-corrected chi connectivity index (χ1v) is 6.19.